The predicted molar refractivity (Wildman–Crippen MR) is 136 cm³/mol. The number of hydrogen-bond acceptors (Lipinski definition) is 6. The Morgan fingerprint density at radius 2 is 1.64 bits per heavy atom. The molecule has 0 saturated carbocycles. The van der Waals surface area contributed by atoms with Gasteiger partial charge in [-0.15, -0.1) is 0 Å². The summed E-state index contributed by atoms with van der Waals surface area (Å²) in [6.07, 6.45) is -0.127. The van der Waals surface area contributed by atoms with Gasteiger partial charge in [-0.05, 0) is 74.0 Å². The number of fused-ring (bicyclic) bond motifs is 1. The van der Waals surface area contributed by atoms with Gasteiger partial charge < -0.3 is 14.2 Å². The van der Waals surface area contributed by atoms with Crippen LogP contribution in [0, 0.1) is 13.8 Å². The van der Waals surface area contributed by atoms with Crippen LogP contribution >= 0.6 is 11.6 Å². The van der Waals surface area contributed by atoms with Gasteiger partial charge in [0.2, 0.25) is 6.79 Å². The zero-order valence-electron chi connectivity index (χ0n) is 20.0. The van der Waals surface area contributed by atoms with Crippen molar-refractivity contribution in [1.82, 2.24) is 4.57 Å². The van der Waals surface area contributed by atoms with Gasteiger partial charge in [0.1, 0.15) is 5.75 Å². The SMILES string of the molecule is COc1ccc2c(c1)c(CC(=O)OCOC(=O)c1cccc(C)c1)c(C)n2C(=O)c1ccc(Cl)cc1. The smallest absolute Gasteiger partial charge is 0.341 e. The lowest BCUT2D eigenvalue weighted by Gasteiger charge is -2.09. The number of nitrogens with zero attached hydrogens (tertiary/aromatic N) is 1. The van der Waals surface area contributed by atoms with Crippen LogP contribution < -0.4 is 4.74 Å². The summed E-state index contributed by atoms with van der Waals surface area (Å²) in [6.45, 7) is 3.11. The van der Waals surface area contributed by atoms with Crippen LogP contribution in [0.2, 0.25) is 5.02 Å². The van der Waals surface area contributed by atoms with Crippen LogP contribution in [-0.4, -0.2) is 36.3 Å². The highest BCUT2D eigenvalue weighted by molar-refractivity contribution is 6.30. The molecule has 0 saturated heterocycles. The van der Waals surface area contributed by atoms with Crippen LogP contribution in [0.4, 0.5) is 0 Å². The van der Waals surface area contributed by atoms with Crippen molar-refractivity contribution in [2.75, 3.05) is 13.9 Å². The minimum atomic E-state index is -0.601. The second-order valence-electron chi connectivity index (χ2n) is 8.21. The van der Waals surface area contributed by atoms with Gasteiger partial charge in [-0.1, -0.05) is 29.3 Å². The fourth-order valence-electron chi connectivity index (χ4n) is 4.00. The molecule has 0 radical (unpaired) electrons. The Morgan fingerprint density at radius 1 is 0.889 bits per heavy atom. The van der Waals surface area contributed by atoms with Crippen LogP contribution in [0.3, 0.4) is 0 Å². The summed E-state index contributed by atoms with van der Waals surface area (Å²) in [5.41, 5.74) is 3.57. The summed E-state index contributed by atoms with van der Waals surface area (Å²) in [5.74, 6) is -0.861. The van der Waals surface area contributed by atoms with E-state index in [0.29, 0.717) is 44.1 Å². The Balaban J connectivity index is 1.56. The average molecular weight is 506 g/mol. The highest BCUT2D eigenvalue weighted by atomic mass is 35.5. The Hall–Kier alpha value is -4.10. The second-order valence-corrected chi connectivity index (χ2v) is 8.64. The van der Waals surface area contributed by atoms with E-state index in [9.17, 15) is 14.4 Å². The molecule has 0 N–H and O–H groups in total. The topological polar surface area (TPSA) is 83.8 Å². The molecule has 0 bridgehead atoms. The maximum absolute atomic E-state index is 13.4. The Labute approximate surface area is 213 Å². The predicted octanol–water partition coefficient (Wildman–Crippen LogP) is 5.51. The van der Waals surface area contributed by atoms with E-state index in [1.54, 1.807) is 79.3 Å². The Kier molecular flexibility index (Phi) is 7.41. The Bertz CT molecular complexity index is 1460. The number of carbonyl (C=O) groups is 3. The third-order valence-electron chi connectivity index (χ3n) is 5.82. The third kappa shape index (κ3) is 5.26. The minimum Gasteiger partial charge on any atom is -0.497 e. The number of methoxy groups -OCH3 is 1. The zero-order chi connectivity index (χ0) is 25.8. The second kappa shape index (κ2) is 10.7. The van der Waals surface area contributed by atoms with Crippen LogP contribution in [0.15, 0.2) is 66.7 Å². The maximum atomic E-state index is 13.4. The molecule has 3 aromatic carbocycles. The van der Waals surface area contributed by atoms with Crippen LogP contribution in [-0.2, 0) is 20.7 Å². The van der Waals surface area contributed by atoms with Gasteiger partial charge in [0, 0.05) is 21.7 Å². The molecule has 36 heavy (non-hydrogen) atoms. The maximum Gasteiger partial charge on any atom is 0.341 e. The number of rotatable bonds is 7. The molecule has 1 heterocycles. The zero-order valence-corrected chi connectivity index (χ0v) is 20.8. The summed E-state index contributed by atoms with van der Waals surface area (Å²) in [6, 6.07) is 18.8. The quantitative estimate of drug-likeness (QED) is 0.243. The molecular weight excluding hydrogens is 482 g/mol. The molecule has 7 nitrogen and oxygen atoms in total. The molecule has 1 aromatic heterocycles. The molecule has 0 amide bonds. The molecule has 0 aliphatic heterocycles. The minimum absolute atomic E-state index is 0.127. The largest absolute Gasteiger partial charge is 0.497 e. The van der Waals surface area contributed by atoms with Crippen molar-refractivity contribution in [2.24, 2.45) is 0 Å². The van der Waals surface area contributed by atoms with E-state index in [0.717, 1.165) is 5.56 Å². The van der Waals surface area contributed by atoms with Crippen LogP contribution in [0.25, 0.3) is 10.9 Å². The van der Waals surface area contributed by atoms with Crippen molar-refractivity contribution in [1.29, 1.82) is 0 Å². The standard InChI is InChI=1S/C28H24ClNO6/c1-17-5-4-6-20(13-17)28(33)36-16-35-26(31)15-23-18(2)30(25-12-11-22(34-3)14-24(23)25)27(32)19-7-9-21(29)10-8-19/h4-14H,15-16H2,1-3H3. The monoisotopic (exact) mass is 505 g/mol. The molecule has 184 valence electrons. The molecular formula is C28H24ClNO6. The van der Waals surface area contributed by atoms with E-state index in [1.807, 2.05) is 13.0 Å². The summed E-state index contributed by atoms with van der Waals surface area (Å²) in [7, 11) is 1.54. The number of aromatic nitrogens is 1. The highest BCUT2D eigenvalue weighted by Gasteiger charge is 2.22. The van der Waals surface area contributed by atoms with Gasteiger partial charge in [-0.2, -0.15) is 0 Å². The van der Waals surface area contributed by atoms with Gasteiger partial charge in [-0.3, -0.25) is 14.2 Å². The lowest BCUT2D eigenvalue weighted by Crippen LogP contribution is -2.16. The van der Waals surface area contributed by atoms with Crippen LogP contribution in [0.5, 0.6) is 5.75 Å². The van der Waals surface area contributed by atoms with Gasteiger partial charge in [0.15, 0.2) is 0 Å². The van der Waals surface area contributed by atoms with E-state index in [2.05, 4.69) is 0 Å². The van der Waals surface area contributed by atoms with Gasteiger partial charge in [-0.25, -0.2) is 4.79 Å². The molecule has 4 rings (SSSR count). The molecule has 4 aromatic rings. The summed E-state index contributed by atoms with van der Waals surface area (Å²) in [5, 5.41) is 1.21. The molecule has 8 heteroatoms. The number of aryl methyl sites for hydroxylation is 1. The molecule has 0 unspecified atom stereocenters. The summed E-state index contributed by atoms with van der Waals surface area (Å²) >= 11 is 5.97. The highest BCUT2D eigenvalue weighted by Crippen LogP contribution is 2.31. The Morgan fingerprint density at radius 3 is 2.33 bits per heavy atom. The number of halogens is 1. The summed E-state index contributed by atoms with van der Waals surface area (Å²) < 4.78 is 17.2. The number of ether oxygens (including phenoxy) is 3. The van der Waals surface area contributed by atoms with Crippen LogP contribution in [0.1, 0.15) is 37.5 Å². The van der Waals surface area contributed by atoms with E-state index in [-0.39, 0.29) is 12.3 Å². The van der Waals surface area contributed by atoms with Gasteiger partial charge in [0.05, 0.1) is 24.6 Å². The number of benzene rings is 3. The first-order valence-corrected chi connectivity index (χ1v) is 11.5. The van der Waals surface area contributed by atoms with Gasteiger partial charge >= 0.3 is 11.9 Å². The molecule has 0 atom stereocenters. The van der Waals surface area contributed by atoms with E-state index >= 15 is 0 Å². The van der Waals surface area contributed by atoms with Gasteiger partial charge in [0.25, 0.3) is 5.91 Å². The summed E-state index contributed by atoms with van der Waals surface area (Å²) in [4.78, 5) is 38.2. The van der Waals surface area contributed by atoms with Crippen molar-refractivity contribution in [3.63, 3.8) is 0 Å². The number of carbonyl (C=O) groups excluding carboxylic acids is 3. The third-order valence-corrected chi connectivity index (χ3v) is 6.07. The van der Waals surface area contributed by atoms with E-state index in [1.165, 1.54) is 0 Å². The first-order chi connectivity index (χ1) is 17.3. The van der Waals surface area contributed by atoms with Crippen molar-refractivity contribution in [3.05, 3.63) is 99.7 Å². The molecule has 0 aliphatic carbocycles. The van der Waals surface area contributed by atoms with E-state index < -0.39 is 18.7 Å². The van der Waals surface area contributed by atoms with E-state index in [4.69, 9.17) is 25.8 Å². The first-order valence-electron chi connectivity index (χ1n) is 11.2. The lowest BCUT2D eigenvalue weighted by atomic mass is 10.1. The normalized spacial score (nSPS) is 10.8. The fourth-order valence-corrected chi connectivity index (χ4v) is 4.12. The lowest BCUT2D eigenvalue weighted by molar-refractivity contribution is -0.151. The van der Waals surface area contributed by atoms with Crippen molar-refractivity contribution in [3.8, 4) is 5.75 Å². The van der Waals surface area contributed by atoms with Crippen molar-refractivity contribution in [2.45, 2.75) is 20.3 Å². The van der Waals surface area contributed by atoms with Crippen molar-refractivity contribution < 1.29 is 28.6 Å². The first kappa shape index (κ1) is 25.0. The fraction of sp³-hybridized carbons (Fsp3) is 0.179. The molecule has 0 fully saturated rings. The number of esters is 2. The van der Waals surface area contributed by atoms with Crippen molar-refractivity contribution >= 4 is 40.3 Å². The molecule has 0 spiro atoms. The number of hydrogen-bond donors (Lipinski definition) is 0. The molecule has 0 aliphatic rings. The average Bonchev–Trinajstić information content (AvgIpc) is 3.14.